The second-order valence-corrected chi connectivity index (χ2v) is 8.48. The molecule has 0 radical (unpaired) electrons. The average molecular weight is 475 g/mol. The summed E-state index contributed by atoms with van der Waals surface area (Å²) in [6, 6.07) is 17.4. The Hall–Kier alpha value is -4.38. The largest absolute Gasteiger partial charge is 0.463 e. The number of aromatic amines is 1. The number of nitrogens with zero attached hydrogens (tertiary/aromatic N) is 4. The maximum atomic E-state index is 12.8. The molecule has 5 aromatic rings. The van der Waals surface area contributed by atoms with Crippen LogP contribution in [-0.4, -0.2) is 36.1 Å². The lowest BCUT2D eigenvalue weighted by atomic mass is 10.2. The first-order valence-corrected chi connectivity index (χ1v) is 11.1. The number of nitrogens with one attached hydrogen (secondary N) is 2. The molecule has 0 aliphatic rings. The highest BCUT2D eigenvalue weighted by atomic mass is 32.2. The number of H-pyrrole nitrogens is 1. The molecule has 1 amide bonds. The first kappa shape index (κ1) is 21.5. The zero-order chi connectivity index (χ0) is 23.5. The Morgan fingerprint density at radius 3 is 2.38 bits per heavy atom. The molecule has 0 spiro atoms. The van der Waals surface area contributed by atoms with Gasteiger partial charge >= 0.3 is 0 Å². The molecule has 0 aliphatic heterocycles. The number of aromatic nitrogens is 5. The van der Waals surface area contributed by atoms with Gasteiger partial charge in [0.2, 0.25) is 11.1 Å². The third-order valence-electron chi connectivity index (χ3n) is 4.82. The number of thioether (sulfide) groups is 1. The van der Waals surface area contributed by atoms with Crippen LogP contribution in [0.3, 0.4) is 0 Å². The van der Waals surface area contributed by atoms with Crippen LogP contribution in [0.1, 0.15) is 6.92 Å². The number of amides is 1. The fourth-order valence-electron chi connectivity index (χ4n) is 3.20. The quantitative estimate of drug-likeness (QED) is 0.339. The fourth-order valence-corrected chi connectivity index (χ4v) is 3.91. The summed E-state index contributed by atoms with van der Waals surface area (Å²) in [6.45, 7) is 1.71. The summed E-state index contributed by atoms with van der Waals surface area (Å²) in [5, 5.41) is 13.7. The topological polar surface area (TPSA) is 132 Å². The van der Waals surface area contributed by atoms with Gasteiger partial charge in [-0.3, -0.25) is 14.7 Å². The van der Waals surface area contributed by atoms with E-state index < -0.39 is 5.25 Å². The molecule has 0 bridgehead atoms. The van der Waals surface area contributed by atoms with E-state index in [1.54, 1.807) is 43.3 Å². The number of hydrogen-bond acceptors (Lipinski definition) is 8. The minimum absolute atomic E-state index is 0.286. The van der Waals surface area contributed by atoms with E-state index in [9.17, 15) is 9.59 Å². The Bertz CT molecular complexity index is 1460. The summed E-state index contributed by atoms with van der Waals surface area (Å²) in [6.07, 6.45) is 3.07. The van der Waals surface area contributed by atoms with Gasteiger partial charge in [-0.2, -0.15) is 0 Å². The van der Waals surface area contributed by atoms with Crippen molar-refractivity contribution in [3.05, 3.63) is 83.5 Å². The van der Waals surface area contributed by atoms with Crippen LogP contribution >= 0.6 is 11.8 Å². The highest BCUT2D eigenvalue weighted by molar-refractivity contribution is 8.00. The van der Waals surface area contributed by atoms with Gasteiger partial charge in [0, 0.05) is 6.07 Å². The smallest absolute Gasteiger partial charge is 0.273 e. The maximum Gasteiger partial charge on any atom is 0.273 e. The first-order valence-electron chi connectivity index (χ1n) is 10.3. The number of rotatable bonds is 7. The summed E-state index contributed by atoms with van der Waals surface area (Å²) in [7, 11) is 0. The standard InChI is InChI=1S/C23H18N6O4S/c1-14(22(31)24-18-13-19(30)29(28-18)15-7-3-2-4-8-15)34-23-25-20(16-9-5-11-32-16)21(26-27-23)17-10-6-12-33-17/h2-14,28H,1H3,(H,24,31). The van der Waals surface area contributed by atoms with Crippen molar-refractivity contribution in [2.45, 2.75) is 17.3 Å². The normalized spacial score (nSPS) is 11.9. The van der Waals surface area contributed by atoms with Crippen molar-refractivity contribution in [2.24, 2.45) is 0 Å². The van der Waals surface area contributed by atoms with Crippen LogP contribution in [0.5, 0.6) is 0 Å². The molecule has 1 unspecified atom stereocenters. The Kier molecular flexibility index (Phi) is 5.83. The summed E-state index contributed by atoms with van der Waals surface area (Å²) in [5.41, 5.74) is 1.26. The van der Waals surface area contributed by atoms with Gasteiger partial charge in [0.05, 0.1) is 23.5 Å². The van der Waals surface area contributed by atoms with E-state index in [4.69, 9.17) is 8.83 Å². The van der Waals surface area contributed by atoms with Crippen molar-refractivity contribution in [3.8, 4) is 28.6 Å². The number of benzene rings is 1. The molecule has 0 fully saturated rings. The molecule has 1 aromatic carbocycles. The fraction of sp³-hybridized carbons (Fsp3) is 0.0870. The van der Waals surface area contributed by atoms with Gasteiger partial charge < -0.3 is 14.2 Å². The SMILES string of the molecule is CC(Sc1nnc(-c2ccco2)c(-c2ccco2)n1)C(=O)Nc1cc(=O)n(-c2ccccc2)[nH]1. The molecule has 1 atom stereocenters. The second kappa shape index (κ2) is 9.24. The highest BCUT2D eigenvalue weighted by Gasteiger charge is 2.22. The third-order valence-corrected chi connectivity index (χ3v) is 5.77. The van der Waals surface area contributed by atoms with Crippen LogP contribution in [-0.2, 0) is 4.79 Å². The van der Waals surface area contributed by atoms with Gasteiger partial charge in [-0.05, 0) is 43.3 Å². The van der Waals surface area contributed by atoms with E-state index in [2.05, 4.69) is 25.6 Å². The molecular formula is C23H18N6O4S. The highest BCUT2D eigenvalue weighted by Crippen LogP contribution is 2.31. The van der Waals surface area contributed by atoms with Gasteiger partial charge in [-0.15, -0.1) is 10.2 Å². The summed E-state index contributed by atoms with van der Waals surface area (Å²) < 4.78 is 12.3. The van der Waals surface area contributed by atoms with Gasteiger partial charge in [0.15, 0.2) is 17.2 Å². The van der Waals surface area contributed by atoms with E-state index in [0.29, 0.717) is 33.8 Å². The van der Waals surface area contributed by atoms with Crippen molar-refractivity contribution in [3.63, 3.8) is 0 Å². The van der Waals surface area contributed by atoms with Crippen LogP contribution in [0.25, 0.3) is 28.6 Å². The van der Waals surface area contributed by atoms with Crippen LogP contribution in [0.15, 0.2) is 92.0 Å². The molecule has 4 heterocycles. The molecular weight excluding hydrogens is 456 g/mol. The summed E-state index contributed by atoms with van der Waals surface area (Å²) in [5.74, 6) is 0.959. The van der Waals surface area contributed by atoms with Gasteiger partial charge in [0.25, 0.3) is 5.56 Å². The van der Waals surface area contributed by atoms with Crippen LogP contribution in [0.4, 0.5) is 5.82 Å². The molecule has 5 rings (SSSR count). The van der Waals surface area contributed by atoms with E-state index in [-0.39, 0.29) is 17.3 Å². The number of anilines is 1. The Balaban J connectivity index is 1.33. The molecule has 2 N–H and O–H groups in total. The molecule has 0 saturated carbocycles. The zero-order valence-electron chi connectivity index (χ0n) is 17.8. The number of carbonyl (C=O) groups excluding carboxylic acids is 1. The monoisotopic (exact) mass is 474 g/mol. The lowest BCUT2D eigenvalue weighted by Crippen LogP contribution is -2.23. The molecule has 34 heavy (non-hydrogen) atoms. The maximum absolute atomic E-state index is 12.8. The Labute approximate surface area is 197 Å². The molecule has 0 saturated heterocycles. The molecule has 11 heteroatoms. The second-order valence-electron chi connectivity index (χ2n) is 7.17. The van der Waals surface area contributed by atoms with Crippen LogP contribution < -0.4 is 10.9 Å². The summed E-state index contributed by atoms with van der Waals surface area (Å²) in [4.78, 5) is 29.6. The minimum atomic E-state index is -0.579. The van der Waals surface area contributed by atoms with E-state index in [1.807, 2.05) is 18.2 Å². The van der Waals surface area contributed by atoms with Crippen molar-refractivity contribution in [1.82, 2.24) is 25.0 Å². The van der Waals surface area contributed by atoms with Gasteiger partial charge in [-0.1, -0.05) is 30.0 Å². The predicted molar refractivity (Wildman–Crippen MR) is 126 cm³/mol. The summed E-state index contributed by atoms with van der Waals surface area (Å²) >= 11 is 1.13. The first-order chi connectivity index (χ1) is 16.6. The lowest BCUT2D eigenvalue weighted by Gasteiger charge is -2.11. The Morgan fingerprint density at radius 1 is 1.00 bits per heavy atom. The van der Waals surface area contributed by atoms with Gasteiger partial charge in [-0.25, -0.2) is 9.67 Å². The van der Waals surface area contributed by atoms with Crippen molar-refractivity contribution in [1.29, 1.82) is 0 Å². The number of para-hydroxylation sites is 1. The van der Waals surface area contributed by atoms with E-state index >= 15 is 0 Å². The third kappa shape index (κ3) is 4.41. The van der Waals surface area contributed by atoms with E-state index in [0.717, 1.165) is 11.8 Å². The lowest BCUT2D eigenvalue weighted by molar-refractivity contribution is -0.115. The zero-order valence-corrected chi connectivity index (χ0v) is 18.7. The number of hydrogen-bond donors (Lipinski definition) is 2. The number of carbonyl (C=O) groups is 1. The van der Waals surface area contributed by atoms with E-state index in [1.165, 1.54) is 23.3 Å². The predicted octanol–water partition coefficient (Wildman–Crippen LogP) is 3.99. The van der Waals surface area contributed by atoms with Crippen molar-refractivity contribution >= 4 is 23.5 Å². The van der Waals surface area contributed by atoms with Gasteiger partial charge in [0.1, 0.15) is 11.5 Å². The van der Waals surface area contributed by atoms with Crippen LogP contribution in [0.2, 0.25) is 0 Å². The van der Waals surface area contributed by atoms with Crippen molar-refractivity contribution < 1.29 is 13.6 Å². The molecule has 0 aliphatic carbocycles. The Morgan fingerprint density at radius 2 is 1.71 bits per heavy atom. The minimum Gasteiger partial charge on any atom is -0.463 e. The van der Waals surface area contributed by atoms with Crippen molar-refractivity contribution in [2.75, 3.05) is 5.32 Å². The van der Waals surface area contributed by atoms with Crippen LogP contribution in [0, 0.1) is 0 Å². The molecule has 4 aromatic heterocycles. The molecule has 10 nitrogen and oxygen atoms in total. The molecule has 170 valence electrons. The average Bonchev–Trinajstić information content (AvgIpc) is 3.62. The number of furan rings is 2.